The van der Waals surface area contributed by atoms with Crippen molar-refractivity contribution in [2.75, 3.05) is 13.8 Å². The van der Waals surface area contributed by atoms with Gasteiger partial charge >= 0.3 is 0 Å². The van der Waals surface area contributed by atoms with Gasteiger partial charge in [-0.15, -0.1) is 0 Å². The summed E-state index contributed by atoms with van der Waals surface area (Å²) in [5.74, 6) is 1.60. The second-order valence-corrected chi connectivity index (χ2v) is 6.86. The first-order valence-corrected chi connectivity index (χ1v) is 8.46. The maximum Gasteiger partial charge on any atom is 0.238 e. The summed E-state index contributed by atoms with van der Waals surface area (Å²) in [7, 11) is 2.00. The van der Waals surface area contributed by atoms with Gasteiger partial charge in [-0.25, -0.2) is 0 Å². The van der Waals surface area contributed by atoms with Crippen LogP contribution in [0.15, 0.2) is 18.2 Å². The fourth-order valence-corrected chi connectivity index (χ4v) is 2.64. The predicted molar refractivity (Wildman–Crippen MR) is 93.9 cm³/mol. The lowest BCUT2D eigenvalue weighted by Crippen LogP contribution is -2.53. The highest BCUT2D eigenvalue weighted by atomic mass is 16.7. The first kappa shape index (κ1) is 18.5. The molecule has 0 spiro atoms. The number of amides is 1. The lowest BCUT2D eigenvalue weighted by Gasteiger charge is -2.32. The van der Waals surface area contributed by atoms with E-state index in [2.05, 4.69) is 23.2 Å². The number of rotatable bonds is 7. The van der Waals surface area contributed by atoms with Gasteiger partial charge in [0.15, 0.2) is 11.5 Å². The van der Waals surface area contributed by atoms with Gasteiger partial charge in [0.2, 0.25) is 12.7 Å². The SMILES string of the molecule is CC(C)C(N)C(=O)NC(C)N(C)C(C)Cc1ccc2c(c1)OCO2. The molecular weight excluding hydrogens is 306 g/mol. The van der Waals surface area contributed by atoms with Crippen molar-refractivity contribution in [2.24, 2.45) is 11.7 Å². The van der Waals surface area contributed by atoms with E-state index in [-0.39, 0.29) is 30.8 Å². The second kappa shape index (κ2) is 7.85. The molecule has 0 saturated carbocycles. The molecule has 0 radical (unpaired) electrons. The number of hydrogen-bond acceptors (Lipinski definition) is 5. The van der Waals surface area contributed by atoms with Crippen LogP contribution >= 0.6 is 0 Å². The van der Waals surface area contributed by atoms with Gasteiger partial charge in [0.05, 0.1) is 12.2 Å². The third kappa shape index (κ3) is 4.39. The van der Waals surface area contributed by atoms with Gasteiger partial charge < -0.3 is 20.5 Å². The summed E-state index contributed by atoms with van der Waals surface area (Å²) in [4.78, 5) is 14.2. The zero-order valence-electron chi connectivity index (χ0n) is 15.2. The maximum atomic E-state index is 12.1. The van der Waals surface area contributed by atoms with Crippen LogP contribution < -0.4 is 20.5 Å². The van der Waals surface area contributed by atoms with Crippen molar-refractivity contribution >= 4 is 5.91 Å². The molecule has 1 aliphatic heterocycles. The molecule has 0 bridgehead atoms. The van der Waals surface area contributed by atoms with Crippen molar-refractivity contribution in [3.8, 4) is 11.5 Å². The van der Waals surface area contributed by atoms with Crippen molar-refractivity contribution in [1.82, 2.24) is 10.2 Å². The van der Waals surface area contributed by atoms with E-state index in [0.29, 0.717) is 0 Å². The van der Waals surface area contributed by atoms with Crippen LogP contribution in [0.3, 0.4) is 0 Å². The normalized spacial score (nSPS) is 17.0. The summed E-state index contributed by atoms with van der Waals surface area (Å²) in [5, 5.41) is 2.99. The maximum absolute atomic E-state index is 12.1. The van der Waals surface area contributed by atoms with Gasteiger partial charge in [0.25, 0.3) is 0 Å². The molecular formula is C18H29N3O3. The van der Waals surface area contributed by atoms with Crippen molar-refractivity contribution in [3.63, 3.8) is 0 Å². The molecule has 6 nitrogen and oxygen atoms in total. The minimum Gasteiger partial charge on any atom is -0.454 e. The minimum absolute atomic E-state index is 0.0914. The second-order valence-electron chi connectivity index (χ2n) is 6.86. The predicted octanol–water partition coefficient (Wildman–Crippen LogP) is 1.72. The van der Waals surface area contributed by atoms with E-state index in [1.54, 1.807) is 0 Å². The van der Waals surface area contributed by atoms with Crippen LogP contribution in [0.2, 0.25) is 0 Å². The van der Waals surface area contributed by atoms with E-state index in [0.717, 1.165) is 17.9 Å². The third-order valence-corrected chi connectivity index (χ3v) is 4.65. The first-order valence-electron chi connectivity index (χ1n) is 8.46. The van der Waals surface area contributed by atoms with E-state index in [1.807, 2.05) is 40.0 Å². The Morgan fingerprint density at radius 2 is 1.92 bits per heavy atom. The Labute approximate surface area is 144 Å². The minimum atomic E-state index is -0.481. The number of nitrogens with two attached hydrogens (primary N) is 1. The molecule has 134 valence electrons. The number of likely N-dealkylation sites (N-methyl/N-ethyl adjacent to an activating group) is 1. The van der Waals surface area contributed by atoms with Crippen LogP contribution in [0.1, 0.15) is 33.3 Å². The van der Waals surface area contributed by atoms with Crippen LogP contribution in [-0.4, -0.2) is 42.9 Å². The summed E-state index contributed by atoms with van der Waals surface area (Å²) in [6.45, 7) is 8.28. The first-order chi connectivity index (χ1) is 11.3. The molecule has 1 amide bonds. The fourth-order valence-electron chi connectivity index (χ4n) is 2.64. The lowest BCUT2D eigenvalue weighted by molar-refractivity contribution is -0.125. The van der Waals surface area contributed by atoms with Crippen LogP contribution in [-0.2, 0) is 11.2 Å². The summed E-state index contributed by atoms with van der Waals surface area (Å²) < 4.78 is 10.8. The number of hydrogen-bond donors (Lipinski definition) is 2. The molecule has 2 rings (SSSR count). The topological polar surface area (TPSA) is 76.8 Å². The molecule has 3 unspecified atom stereocenters. The Morgan fingerprint density at radius 3 is 2.58 bits per heavy atom. The molecule has 1 heterocycles. The number of carbonyl (C=O) groups excluding carboxylic acids is 1. The zero-order valence-corrected chi connectivity index (χ0v) is 15.2. The Bertz CT molecular complexity index is 577. The van der Waals surface area contributed by atoms with Crippen molar-refractivity contribution < 1.29 is 14.3 Å². The molecule has 1 aromatic rings. The molecule has 1 aliphatic rings. The average Bonchev–Trinajstić information content (AvgIpc) is 3.00. The van der Waals surface area contributed by atoms with E-state index in [1.165, 1.54) is 5.56 Å². The average molecular weight is 335 g/mol. The molecule has 3 N–H and O–H groups in total. The van der Waals surface area contributed by atoms with E-state index in [4.69, 9.17) is 15.2 Å². The Kier molecular flexibility index (Phi) is 6.07. The Hall–Kier alpha value is -1.79. The van der Waals surface area contributed by atoms with Gasteiger partial charge in [0.1, 0.15) is 0 Å². The zero-order chi connectivity index (χ0) is 17.9. The highest BCUT2D eigenvalue weighted by Gasteiger charge is 2.23. The van der Waals surface area contributed by atoms with Crippen molar-refractivity contribution in [3.05, 3.63) is 23.8 Å². The third-order valence-electron chi connectivity index (χ3n) is 4.65. The number of nitrogens with zero attached hydrogens (tertiary/aromatic N) is 1. The largest absolute Gasteiger partial charge is 0.454 e. The van der Waals surface area contributed by atoms with E-state index >= 15 is 0 Å². The van der Waals surface area contributed by atoms with Gasteiger partial charge in [-0.05, 0) is 50.9 Å². The van der Waals surface area contributed by atoms with Crippen molar-refractivity contribution in [1.29, 1.82) is 0 Å². The van der Waals surface area contributed by atoms with Crippen LogP contribution in [0, 0.1) is 5.92 Å². The molecule has 1 aromatic carbocycles. The molecule has 0 aromatic heterocycles. The number of benzene rings is 1. The van der Waals surface area contributed by atoms with Crippen molar-refractivity contribution in [2.45, 2.75) is 52.4 Å². The number of fused-ring (bicyclic) bond motifs is 1. The summed E-state index contributed by atoms with van der Waals surface area (Å²) >= 11 is 0. The fraction of sp³-hybridized carbons (Fsp3) is 0.611. The molecule has 3 atom stereocenters. The summed E-state index contributed by atoms with van der Waals surface area (Å²) in [6.07, 6.45) is 0.759. The molecule has 24 heavy (non-hydrogen) atoms. The molecule has 0 fully saturated rings. The number of ether oxygens (including phenoxy) is 2. The highest BCUT2D eigenvalue weighted by molar-refractivity contribution is 5.81. The van der Waals surface area contributed by atoms with Gasteiger partial charge in [-0.1, -0.05) is 19.9 Å². The monoisotopic (exact) mass is 335 g/mol. The quantitative estimate of drug-likeness (QED) is 0.742. The van der Waals surface area contributed by atoms with Gasteiger partial charge in [0, 0.05) is 6.04 Å². The highest BCUT2D eigenvalue weighted by Crippen LogP contribution is 2.32. The Morgan fingerprint density at radius 1 is 1.25 bits per heavy atom. The number of carbonyl (C=O) groups is 1. The van der Waals surface area contributed by atoms with Gasteiger partial charge in [-0.3, -0.25) is 9.69 Å². The van der Waals surface area contributed by atoms with Crippen LogP contribution in [0.25, 0.3) is 0 Å². The Balaban J connectivity index is 1.91. The van der Waals surface area contributed by atoms with Crippen LogP contribution in [0.4, 0.5) is 0 Å². The van der Waals surface area contributed by atoms with E-state index < -0.39 is 6.04 Å². The van der Waals surface area contributed by atoms with E-state index in [9.17, 15) is 4.79 Å². The van der Waals surface area contributed by atoms with Crippen LogP contribution in [0.5, 0.6) is 11.5 Å². The lowest BCUT2D eigenvalue weighted by atomic mass is 10.0. The molecule has 0 saturated heterocycles. The standard InChI is InChI=1S/C18H29N3O3/c1-11(2)17(19)18(22)20-13(4)21(5)12(3)8-14-6-7-15-16(9-14)24-10-23-15/h6-7,9,11-13,17H,8,10,19H2,1-5H3,(H,20,22). The molecule has 0 aliphatic carbocycles. The van der Waals surface area contributed by atoms with Gasteiger partial charge in [-0.2, -0.15) is 0 Å². The number of nitrogens with one attached hydrogen (secondary N) is 1. The summed E-state index contributed by atoms with van der Waals surface area (Å²) in [6, 6.07) is 5.78. The smallest absolute Gasteiger partial charge is 0.238 e. The molecule has 6 heteroatoms. The summed E-state index contributed by atoms with van der Waals surface area (Å²) in [5.41, 5.74) is 7.08.